The molecule has 4 aromatic rings. The quantitative estimate of drug-likeness (QED) is 0.594. The molecule has 0 radical (unpaired) electrons. The van der Waals surface area contributed by atoms with Crippen molar-refractivity contribution in [2.45, 2.75) is 6.54 Å². The fourth-order valence-electron chi connectivity index (χ4n) is 2.82. The van der Waals surface area contributed by atoms with Crippen LogP contribution in [0.15, 0.2) is 61.1 Å². The molecule has 0 fully saturated rings. The number of rotatable bonds is 4. The predicted octanol–water partition coefficient (Wildman–Crippen LogP) is 3.89. The van der Waals surface area contributed by atoms with E-state index < -0.39 is 5.97 Å². The van der Waals surface area contributed by atoms with E-state index in [0.717, 1.165) is 11.1 Å². The van der Waals surface area contributed by atoms with Gasteiger partial charge in [0.15, 0.2) is 5.82 Å². The van der Waals surface area contributed by atoms with Gasteiger partial charge in [0.05, 0.1) is 23.8 Å². The molecule has 4 rings (SSSR count). The lowest BCUT2D eigenvalue weighted by molar-refractivity contribution is 0.0698. The first-order valence-electron chi connectivity index (χ1n) is 7.86. The van der Waals surface area contributed by atoms with Gasteiger partial charge < -0.3 is 5.11 Å². The van der Waals surface area contributed by atoms with Crippen molar-refractivity contribution in [2.75, 3.05) is 0 Å². The van der Waals surface area contributed by atoms with E-state index in [9.17, 15) is 9.90 Å². The van der Waals surface area contributed by atoms with Crippen molar-refractivity contribution in [3.05, 3.63) is 77.2 Å². The van der Waals surface area contributed by atoms with Crippen molar-refractivity contribution >= 4 is 28.5 Å². The fourth-order valence-corrected chi connectivity index (χ4v) is 3.05. The van der Waals surface area contributed by atoms with Gasteiger partial charge in [-0.25, -0.2) is 14.8 Å². The zero-order valence-electron chi connectivity index (χ0n) is 13.5. The lowest BCUT2D eigenvalue weighted by Gasteiger charge is -2.07. The molecule has 128 valence electrons. The van der Waals surface area contributed by atoms with E-state index in [2.05, 4.69) is 15.1 Å². The van der Waals surface area contributed by atoms with E-state index in [1.54, 1.807) is 29.3 Å². The molecule has 0 atom stereocenters. The van der Waals surface area contributed by atoms with Crippen LogP contribution in [0, 0.1) is 0 Å². The summed E-state index contributed by atoms with van der Waals surface area (Å²) in [5.41, 5.74) is 2.40. The summed E-state index contributed by atoms with van der Waals surface area (Å²) in [6.07, 6.45) is 5.05. The first-order valence-corrected chi connectivity index (χ1v) is 8.24. The fraction of sp³-hybridized carbons (Fsp3) is 0.0526. The first kappa shape index (κ1) is 16.2. The lowest BCUT2D eigenvalue weighted by Crippen LogP contribution is -2.07. The second-order valence-corrected chi connectivity index (χ2v) is 6.22. The van der Waals surface area contributed by atoms with Gasteiger partial charge in [0.1, 0.15) is 0 Å². The Morgan fingerprint density at radius 2 is 1.81 bits per heavy atom. The maximum Gasteiger partial charge on any atom is 0.337 e. The Labute approximate surface area is 153 Å². The summed E-state index contributed by atoms with van der Waals surface area (Å²) in [5, 5.41) is 14.8. The van der Waals surface area contributed by atoms with Gasteiger partial charge in [-0.2, -0.15) is 5.10 Å². The standard InChI is InChI=1S/C19H13ClN4O2/c20-15-6-14-10-23-24(17(14)16(7-15)19(25)26)11-12-8-21-18(22-9-12)13-4-2-1-3-5-13/h1-10H,11H2,(H,25,26). The lowest BCUT2D eigenvalue weighted by atomic mass is 10.1. The van der Waals surface area contributed by atoms with Crippen LogP contribution in [0.3, 0.4) is 0 Å². The topological polar surface area (TPSA) is 80.9 Å². The molecule has 7 heteroatoms. The number of carboxylic acids is 1. The monoisotopic (exact) mass is 364 g/mol. The van der Waals surface area contributed by atoms with Crippen LogP contribution in [0.25, 0.3) is 22.3 Å². The summed E-state index contributed by atoms with van der Waals surface area (Å²) in [7, 11) is 0. The average molecular weight is 365 g/mol. The highest BCUT2D eigenvalue weighted by atomic mass is 35.5. The van der Waals surface area contributed by atoms with Gasteiger partial charge in [-0.15, -0.1) is 0 Å². The van der Waals surface area contributed by atoms with Crippen LogP contribution in [0.5, 0.6) is 0 Å². The highest BCUT2D eigenvalue weighted by Crippen LogP contribution is 2.25. The van der Waals surface area contributed by atoms with Gasteiger partial charge in [-0.3, -0.25) is 4.68 Å². The third-order valence-corrected chi connectivity index (χ3v) is 4.22. The number of hydrogen-bond acceptors (Lipinski definition) is 4. The highest BCUT2D eigenvalue weighted by Gasteiger charge is 2.15. The van der Waals surface area contributed by atoms with Crippen LogP contribution >= 0.6 is 11.6 Å². The summed E-state index contributed by atoms with van der Waals surface area (Å²) in [4.78, 5) is 20.3. The van der Waals surface area contributed by atoms with Crippen molar-refractivity contribution in [1.82, 2.24) is 19.7 Å². The molecule has 0 bridgehead atoms. The minimum atomic E-state index is -1.05. The molecule has 0 aliphatic heterocycles. The Kier molecular flexibility index (Phi) is 4.10. The Morgan fingerprint density at radius 3 is 2.50 bits per heavy atom. The molecule has 2 aromatic heterocycles. The molecular weight excluding hydrogens is 352 g/mol. The normalized spacial score (nSPS) is 11.0. The average Bonchev–Trinajstić information content (AvgIpc) is 3.04. The number of fused-ring (bicyclic) bond motifs is 1. The number of halogens is 1. The second-order valence-electron chi connectivity index (χ2n) is 5.78. The number of aromatic carboxylic acids is 1. The summed E-state index contributed by atoms with van der Waals surface area (Å²) in [5.74, 6) is -0.410. The Balaban J connectivity index is 1.69. The van der Waals surface area contributed by atoms with Crippen LogP contribution in [0.4, 0.5) is 0 Å². The molecule has 6 nitrogen and oxygen atoms in total. The summed E-state index contributed by atoms with van der Waals surface area (Å²) < 4.78 is 1.62. The smallest absolute Gasteiger partial charge is 0.337 e. The van der Waals surface area contributed by atoms with E-state index in [1.165, 1.54) is 6.07 Å². The van der Waals surface area contributed by atoms with Crippen molar-refractivity contribution in [1.29, 1.82) is 0 Å². The summed E-state index contributed by atoms with van der Waals surface area (Å²) >= 11 is 5.99. The minimum absolute atomic E-state index is 0.117. The maximum atomic E-state index is 11.5. The van der Waals surface area contributed by atoms with E-state index in [0.29, 0.717) is 28.3 Å². The molecule has 1 N–H and O–H groups in total. The number of hydrogen-bond donors (Lipinski definition) is 1. The molecule has 26 heavy (non-hydrogen) atoms. The number of carboxylic acid groups (broad SMARTS) is 1. The molecule has 2 heterocycles. The van der Waals surface area contributed by atoms with Crippen LogP contribution in [0.2, 0.25) is 5.02 Å². The minimum Gasteiger partial charge on any atom is -0.478 e. The maximum absolute atomic E-state index is 11.5. The van der Waals surface area contributed by atoms with Gasteiger partial charge in [0.2, 0.25) is 0 Å². The van der Waals surface area contributed by atoms with Gasteiger partial charge in [0, 0.05) is 33.9 Å². The Bertz CT molecular complexity index is 1090. The van der Waals surface area contributed by atoms with E-state index >= 15 is 0 Å². The SMILES string of the molecule is O=C(O)c1cc(Cl)cc2cnn(Cc3cnc(-c4ccccc4)nc3)c12. The third kappa shape index (κ3) is 3.02. The van der Waals surface area contributed by atoms with Crippen molar-refractivity contribution < 1.29 is 9.90 Å². The van der Waals surface area contributed by atoms with E-state index in [1.807, 2.05) is 30.3 Å². The largest absolute Gasteiger partial charge is 0.478 e. The van der Waals surface area contributed by atoms with Gasteiger partial charge in [-0.05, 0) is 12.1 Å². The van der Waals surface area contributed by atoms with Crippen LogP contribution in [0.1, 0.15) is 15.9 Å². The van der Waals surface area contributed by atoms with Crippen molar-refractivity contribution in [3.8, 4) is 11.4 Å². The van der Waals surface area contributed by atoms with Gasteiger partial charge in [-0.1, -0.05) is 41.9 Å². The van der Waals surface area contributed by atoms with Crippen LogP contribution in [-0.2, 0) is 6.54 Å². The molecule has 0 saturated heterocycles. The second kappa shape index (κ2) is 6.57. The summed E-state index contributed by atoms with van der Waals surface area (Å²) in [6.45, 7) is 0.362. The summed E-state index contributed by atoms with van der Waals surface area (Å²) in [6, 6.07) is 12.8. The number of carbonyl (C=O) groups is 1. The predicted molar refractivity (Wildman–Crippen MR) is 98.3 cm³/mol. The third-order valence-electron chi connectivity index (χ3n) is 4.00. The number of aromatic nitrogens is 4. The molecule has 0 amide bonds. The zero-order chi connectivity index (χ0) is 18.1. The molecular formula is C19H13ClN4O2. The van der Waals surface area contributed by atoms with E-state index in [4.69, 9.17) is 11.6 Å². The first-order chi connectivity index (χ1) is 12.6. The zero-order valence-corrected chi connectivity index (χ0v) is 14.3. The molecule has 0 unspecified atom stereocenters. The van der Waals surface area contributed by atoms with Crippen molar-refractivity contribution in [2.24, 2.45) is 0 Å². The Hall–Kier alpha value is -3.25. The van der Waals surface area contributed by atoms with Crippen LogP contribution in [-0.4, -0.2) is 30.8 Å². The molecule has 0 aliphatic carbocycles. The molecule has 0 saturated carbocycles. The molecule has 2 aromatic carbocycles. The molecule has 0 spiro atoms. The van der Waals surface area contributed by atoms with E-state index in [-0.39, 0.29) is 5.56 Å². The number of nitrogens with zero attached hydrogens (tertiary/aromatic N) is 4. The van der Waals surface area contributed by atoms with Crippen LogP contribution < -0.4 is 0 Å². The van der Waals surface area contributed by atoms with Crippen molar-refractivity contribution in [3.63, 3.8) is 0 Å². The Morgan fingerprint density at radius 1 is 1.08 bits per heavy atom. The highest BCUT2D eigenvalue weighted by molar-refractivity contribution is 6.32. The van der Waals surface area contributed by atoms with Gasteiger partial charge >= 0.3 is 5.97 Å². The number of benzene rings is 2. The molecule has 0 aliphatic rings. The van der Waals surface area contributed by atoms with Gasteiger partial charge in [0.25, 0.3) is 0 Å².